The normalized spacial score (nSPS) is 22.4. The molecule has 0 saturated heterocycles. The first kappa shape index (κ1) is 17.0. The first-order valence-electron chi connectivity index (χ1n) is 8.05. The van der Waals surface area contributed by atoms with Gasteiger partial charge in [-0.3, -0.25) is 0 Å². The molecule has 0 aromatic heterocycles. The van der Waals surface area contributed by atoms with Crippen molar-refractivity contribution >= 4 is 6.85 Å². The molecule has 1 heterocycles. The Balaban J connectivity index is 2.91. The largest absolute Gasteiger partial charge is 0.332 e. The lowest BCUT2D eigenvalue weighted by Crippen LogP contribution is -2.52. The molecule has 0 bridgehead atoms. The van der Waals surface area contributed by atoms with Crippen molar-refractivity contribution in [2.45, 2.75) is 63.8 Å². The summed E-state index contributed by atoms with van der Waals surface area (Å²) in [4.78, 5) is 2.71. The highest BCUT2D eigenvalue weighted by molar-refractivity contribution is 6.57. The van der Waals surface area contributed by atoms with Gasteiger partial charge < -0.3 is 4.81 Å². The third-order valence-electron chi connectivity index (χ3n) is 4.16. The van der Waals surface area contributed by atoms with E-state index in [1.165, 1.54) is 19.3 Å². The third kappa shape index (κ3) is 4.83. The van der Waals surface area contributed by atoms with Crippen LogP contribution in [0.4, 0.5) is 0 Å². The number of rotatable bonds is 10. The quantitative estimate of drug-likeness (QED) is 0.394. The van der Waals surface area contributed by atoms with Gasteiger partial charge >= 0.3 is 0 Å². The van der Waals surface area contributed by atoms with Crippen molar-refractivity contribution in [1.29, 1.82) is 0 Å². The molecule has 0 aromatic carbocycles. The lowest BCUT2D eigenvalue weighted by atomic mass is 9.52. The number of allylic oxidation sites excluding steroid dienone is 2. The van der Waals surface area contributed by atoms with E-state index in [0.717, 1.165) is 25.5 Å². The minimum atomic E-state index is 0.529. The molecule has 2 atom stereocenters. The number of hydrogen-bond donors (Lipinski definition) is 0. The molecule has 0 saturated carbocycles. The number of unbranched alkanes of at least 4 members (excludes halogenated alkanes) is 1. The van der Waals surface area contributed by atoms with Gasteiger partial charge in [-0.25, -0.2) is 0 Å². The standard InChI is InChI=1S/C18H30BN/c1-5-9-12-18-14-10-13-17(11-6-2)20(18)19(15-7-3)16-8-4/h6-8,10,14,17-18H,2-5,9,11-13,15-16H2,1H3/t17-,18-/m1/s1. The van der Waals surface area contributed by atoms with Gasteiger partial charge in [-0.1, -0.05) is 50.1 Å². The topological polar surface area (TPSA) is 3.24 Å². The summed E-state index contributed by atoms with van der Waals surface area (Å²) in [5, 5.41) is 0. The van der Waals surface area contributed by atoms with Crippen molar-refractivity contribution in [2.75, 3.05) is 0 Å². The van der Waals surface area contributed by atoms with Gasteiger partial charge in [-0.05, 0) is 31.9 Å². The summed E-state index contributed by atoms with van der Waals surface area (Å²) in [6.45, 7) is 14.6. The number of nitrogens with zero attached hydrogens (tertiary/aromatic N) is 1. The molecule has 20 heavy (non-hydrogen) atoms. The van der Waals surface area contributed by atoms with E-state index in [-0.39, 0.29) is 0 Å². The van der Waals surface area contributed by atoms with E-state index >= 15 is 0 Å². The molecule has 0 N–H and O–H groups in total. The fourth-order valence-electron chi connectivity index (χ4n) is 3.25. The van der Waals surface area contributed by atoms with Gasteiger partial charge in [-0.2, -0.15) is 0 Å². The van der Waals surface area contributed by atoms with E-state index < -0.39 is 0 Å². The van der Waals surface area contributed by atoms with Gasteiger partial charge in [-0.15, -0.1) is 19.7 Å². The average Bonchev–Trinajstić information content (AvgIpc) is 2.45. The fraction of sp³-hybridized carbons (Fsp3) is 0.556. The zero-order chi connectivity index (χ0) is 14.8. The van der Waals surface area contributed by atoms with Crippen molar-refractivity contribution < 1.29 is 0 Å². The second kappa shape index (κ2) is 9.82. The average molecular weight is 271 g/mol. The SMILES string of the molecule is C=CCB(CC=C)N1[C@H](CC=C)CC=C[C@H]1CCCC. The molecule has 0 aromatic rings. The Morgan fingerprint density at radius 1 is 1.20 bits per heavy atom. The van der Waals surface area contributed by atoms with E-state index in [1.807, 2.05) is 12.2 Å². The maximum atomic E-state index is 3.94. The van der Waals surface area contributed by atoms with Crippen LogP contribution in [0, 0.1) is 0 Å². The first-order valence-corrected chi connectivity index (χ1v) is 8.05. The molecular weight excluding hydrogens is 241 g/mol. The molecule has 0 amide bonds. The van der Waals surface area contributed by atoms with Gasteiger partial charge in [0, 0.05) is 12.1 Å². The molecule has 1 aliphatic heterocycles. The Kier molecular flexibility index (Phi) is 8.37. The summed E-state index contributed by atoms with van der Waals surface area (Å²) in [5.41, 5.74) is 0. The Labute approximate surface area is 126 Å². The zero-order valence-corrected chi connectivity index (χ0v) is 13.1. The first-order chi connectivity index (χ1) is 9.78. The van der Waals surface area contributed by atoms with Gasteiger partial charge in [0.2, 0.25) is 6.85 Å². The predicted molar refractivity (Wildman–Crippen MR) is 93.3 cm³/mol. The molecule has 1 rings (SSSR count). The summed E-state index contributed by atoms with van der Waals surface area (Å²) < 4.78 is 0. The third-order valence-corrected chi connectivity index (χ3v) is 4.16. The summed E-state index contributed by atoms with van der Waals surface area (Å²) in [7, 11) is 0. The van der Waals surface area contributed by atoms with Crippen LogP contribution >= 0.6 is 0 Å². The summed E-state index contributed by atoms with van der Waals surface area (Å²) in [5.74, 6) is 0. The molecule has 0 radical (unpaired) electrons. The molecule has 1 aliphatic rings. The lowest BCUT2D eigenvalue weighted by molar-refractivity contribution is 0.252. The highest BCUT2D eigenvalue weighted by atomic mass is 15.1. The number of hydrogen-bond acceptors (Lipinski definition) is 1. The molecule has 110 valence electrons. The van der Waals surface area contributed by atoms with Crippen LogP contribution in [0.1, 0.15) is 39.0 Å². The fourth-order valence-corrected chi connectivity index (χ4v) is 3.25. The molecule has 0 fully saturated rings. The second-order valence-corrected chi connectivity index (χ2v) is 5.70. The Bertz CT molecular complexity index is 324. The van der Waals surface area contributed by atoms with Gasteiger partial charge in [0.15, 0.2) is 0 Å². The molecule has 0 spiro atoms. The van der Waals surface area contributed by atoms with Crippen LogP contribution in [-0.2, 0) is 0 Å². The van der Waals surface area contributed by atoms with Crippen LogP contribution in [0.3, 0.4) is 0 Å². The van der Waals surface area contributed by atoms with E-state index in [4.69, 9.17) is 0 Å². The zero-order valence-electron chi connectivity index (χ0n) is 13.1. The van der Waals surface area contributed by atoms with Crippen LogP contribution in [0.25, 0.3) is 0 Å². The second-order valence-electron chi connectivity index (χ2n) is 5.70. The van der Waals surface area contributed by atoms with E-state index in [9.17, 15) is 0 Å². The van der Waals surface area contributed by atoms with Crippen LogP contribution in [0.5, 0.6) is 0 Å². The summed E-state index contributed by atoms with van der Waals surface area (Å²) >= 11 is 0. The molecule has 2 heteroatoms. The molecular formula is C18H30BN. The predicted octanol–water partition coefficient (Wildman–Crippen LogP) is 5.12. The van der Waals surface area contributed by atoms with Crippen molar-refractivity contribution in [3.63, 3.8) is 0 Å². The van der Waals surface area contributed by atoms with Crippen molar-refractivity contribution in [3.05, 3.63) is 50.1 Å². The van der Waals surface area contributed by atoms with Gasteiger partial charge in [0.1, 0.15) is 0 Å². The van der Waals surface area contributed by atoms with Crippen LogP contribution in [0.2, 0.25) is 12.6 Å². The Hall–Kier alpha value is -1.02. The lowest BCUT2D eigenvalue weighted by Gasteiger charge is -2.43. The van der Waals surface area contributed by atoms with Crippen molar-refractivity contribution in [2.24, 2.45) is 0 Å². The van der Waals surface area contributed by atoms with Crippen LogP contribution in [0.15, 0.2) is 50.1 Å². The maximum Gasteiger partial charge on any atom is 0.231 e. The maximum absolute atomic E-state index is 3.94. The van der Waals surface area contributed by atoms with Crippen molar-refractivity contribution in [1.82, 2.24) is 4.81 Å². The monoisotopic (exact) mass is 271 g/mol. The van der Waals surface area contributed by atoms with Crippen LogP contribution in [-0.4, -0.2) is 23.7 Å². The summed E-state index contributed by atoms with van der Waals surface area (Å²) in [6.07, 6.45) is 19.0. The van der Waals surface area contributed by atoms with Crippen LogP contribution < -0.4 is 0 Å². The van der Waals surface area contributed by atoms with E-state index in [1.54, 1.807) is 0 Å². The Morgan fingerprint density at radius 3 is 2.45 bits per heavy atom. The van der Waals surface area contributed by atoms with Gasteiger partial charge in [0.05, 0.1) is 0 Å². The summed E-state index contributed by atoms with van der Waals surface area (Å²) in [6, 6.07) is 1.16. The smallest absolute Gasteiger partial charge is 0.231 e. The molecule has 1 nitrogen and oxygen atoms in total. The molecule has 0 aliphatic carbocycles. The Morgan fingerprint density at radius 2 is 1.90 bits per heavy atom. The minimum Gasteiger partial charge on any atom is -0.332 e. The highest BCUT2D eigenvalue weighted by Gasteiger charge is 2.33. The highest BCUT2D eigenvalue weighted by Crippen LogP contribution is 2.27. The minimum absolute atomic E-state index is 0.529. The van der Waals surface area contributed by atoms with E-state index in [0.29, 0.717) is 18.9 Å². The van der Waals surface area contributed by atoms with E-state index in [2.05, 4.69) is 49.7 Å². The molecule has 0 unspecified atom stereocenters. The van der Waals surface area contributed by atoms with Gasteiger partial charge in [0.25, 0.3) is 0 Å². The van der Waals surface area contributed by atoms with Crippen molar-refractivity contribution in [3.8, 4) is 0 Å².